The molecular weight excluding hydrogens is 453 g/mol. The van der Waals surface area contributed by atoms with Gasteiger partial charge in [-0.25, -0.2) is 9.37 Å². The minimum absolute atomic E-state index is 0.0495. The molecule has 0 aliphatic carbocycles. The predicted molar refractivity (Wildman–Crippen MR) is 120 cm³/mol. The smallest absolute Gasteiger partial charge is 0.266 e. The van der Waals surface area contributed by atoms with Crippen LogP contribution in [0.25, 0.3) is 16.6 Å². The Morgan fingerprint density at radius 1 is 0.906 bits per heavy atom. The van der Waals surface area contributed by atoms with Crippen molar-refractivity contribution in [3.05, 3.63) is 99.1 Å². The number of hydrogen-bond donors (Lipinski definition) is 0. The number of thioether (sulfide) groups is 1. The number of para-hydroxylation sites is 1. The molecule has 0 N–H and O–H groups in total. The van der Waals surface area contributed by atoms with Gasteiger partial charge in [0, 0.05) is 0 Å². The average Bonchev–Trinajstić information content (AvgIpc) is 3.04. The summed E-state index contributed by atoms with van der Waals surface area (Å²) in [6, 6.07) is 17.3. The number of halogens is 2. The molecule has 1 aliphatic rings. The first kappa shape index (κ1) is 20.4. The lowest BCUT2D eigenvalue weighted by molar-refractivity contribution is 0.0684. The molecule has 3 aromatic carbocycles. The molecule has 0 radical (unpaired) electrons. The van der Waals surface area contributed by atoms with Gasteiger partial charge in [0.15, 0.2) is 5.16 Å². The summed E-state index contributed by atoms with van der Waals surface area (Å²) in [7, 11) is 0. The highest BCUT2D eigenvalue weighted by Gasteiger charge is 2.35. The summed E-state index contributed by atoms with van der Waals surface area (Å²) in [5.74, 6) is -1.47. The second kappa shape index (κ2) is 7.89. The topological polar surface area (TPSA) is 72.3 Å². The number of rotatable bonds is 4. The third-order valence-corrected chi connectivity index (χ3v) is 6.32. The molecule has 9 heteroatoms. The molecule has 158 valence electrons. The van der Waals surface area contributed by atoms with Crippen molar-refractivity contribution >= 4 is 46.1 Å². The molecule has 0 saturated carbocycles. The second-order valence-electron chi connectivity index (χ2n) is 7.01. The molecule has 0 atom stereocenters. The van der Waals surface area contributed by atoms with E-state index in [1.807, 2.05) is 0 Å². The van der Waals surface area contributed by atoms with Crippen molar-refractivity contribution in [1.82, 2.24) is 14.5 Å². The van der Waals surface area contributed by atoms with Crippen LogP contribution in [-0.2, 0) is 0 Å². The maximum Gasteiger partial charge on any atom is 0.266 e. The lowest BCUT2D eigenvalue weighted by Crippen LogP contribution is -2.30. The average molecular weight is 466 g/mol. The Hall–Kier alpha value is -3.49. The number of carbonyl (C=O) groups excluding carboxylic acids is 2. The standard InChI is InChI=1S/C23H13ClFN3O3S/c24-17-11-13(9-10-18(17)25)28-22(31)16-7-3-4-8-19(16)26-23(28)32-12-27-20(29)14-5-1-2-6-15(14)21(27)30/h1-11H,12H2. The van der Waals surface area contributed by atoms with E-state index < -0.39 is 17.6 Å². The van der Waals surface area contributed by atoms with Crippen LogP contribution in [-0.4, -0.2) is 32.1 Å². The lowest BCUT2D eigenvalue weighted by Gasteiger charge is -2.17. The Labute approximate surface area is 190 Å². The van der Waals surface area contributed by atoms with Crippen molar-refractivity contribution in [2.24, 2.45) is 0 Å². The first-order chi connectivity index (χ1) is 15.5. The summed E-state index contributed by atoms with van der Waals surface area (Å²) >= 11 is 7.00. The fourth-order valence-electron chi connectivity index (χ4n) is 3.54. The van der Waals surface area contributed by atoms with Gasteiger partial charge in [0.2, 0.25) is 0 Å². The quantitative estimate of drug-likeness (QED) is 0.252. The molecule has 2 amide bonds. The van der Waals surface area contributed by atoms with Crippen LogP contribution >= 0.6 is 23.4 Å². The Balaban J connectivity index is 1.58. The van der Waals surface area contributed by atoms with E-state index >= 15 is 0 Å². The Kier molecular flexibility index (Phi) is 5.03. The second-order valence-corrected chi connectivity index (χ2v) is 8.33. The minimum Gasteiger partial charge on any atom is -0.269 e. The van der Waals surface area contributed by atoms with Crippen LogP contribution in [0.5, 0.6) is 0 Å². The Bertz CT molecular complexity index is 1450. The summed E-state index contributed by atoms with van der Waals surface area (Å²) in [6.45, 7) is 0. The Morgan fingerprint density at radius 2 is 1.56 bits per heavy atom. The van der Waals surface area contributed by atoms with Crippen LogP contribution in [0.1, 0.15) is 20.7 Å². The summed E-state index contributed by atoms with van der Waals surface area (Å²) in [5.41, 5.74) is 1.10. The van der Waals surface area contributed by atoms with Gasteiger partial charge in [-0.15, -0.1) is 0 Å². The van der Waals surface area contributed by atoms with Gasteiger partial charge in [-0.1, -0.05) is 47.6 Å². The van der Waals surface area contributed by atoms with Gasteiger partial charge in [0.1, 0.15) is 5.82 Å². The third-order valence-electron chi connectivity index (χ3n) is 5.11. The van der Waals surface area contributed by atoms with E-state index in [2.05, 4.69) is 4.98 Å². The summed E-state index contributed by atoms with van der Waals surface area (Å²) < 4.78 is 15.0. The van der Waals surface area contributed by atoms with Crippen molar-refractivity contribution in [1.29, 1.82) is 0 Å². The van der Waals surface area contributed by atoms with Crippen LogP contribution in [0.4, 0.5) is 4.39 Å². The van der Waals surface area contributed by atoms with Gasteiger partial charge in [0.05, 0.1) is 38.6 Å². The molecule has 2 heterocycles. The fraction of sp³-hybridized carbons (Fsp3) is 0.0435. The molecule has 5 rings (SSSR count). The number of benzene rings is 3. The van der Waals surface area contributed by atoms with Gasteiger partial charge in [0.25, 0.3) is 17.4 Å². The number of carbonyl (C=O) groups is 2. The highest BCUT2D eigenvalue weighted by Crippen LogP contribution is 2.28. The molecule has 4 aromatic rings. The van der Waals surface area contributed by atoms with Gasteiger partial charge >= 0.3 is 0 Å². The molecule has 0 spiro atoms. The first-order valence-electron chi connectivity index (χ1n) is 9.51. The van der Waals surface area contributed by atoms with Crippen molar-refractivity contribution < 1.29 is 14.0 Å². The van der Waals surface area contributed by atoms with Gasteiger partial charge in [-0.2, -0.15) is 0 Å². The molecule has 0 bridgehead atoms. The molecule has 1 aromatic heterocycles. The van der Waals surface area contributed by atoms with Crippen molar-refractivity contribution in [2.45, 2.75) is 5.16 Å². The van der Waals surface area contributed by atoms with Crippen LogP contribution in [0.3, 0.4) is 0 Å². The normalized spacial score (nSPS) is 13.1. The molecular formula is C23H13ClFN3O3S. The molecule has 0 saturated heterocycles. The van der Waals surface area contributed by atoms with Gasteiger partial charge in [-0.3, -0.25) is 23.9 Å². The molecule has 32 heavy (non-hydrogen) atoms. The van der Waals surface area contributed by atoms with E-state index in [9.17, 15) is 18.8 Å². The zero-order chi connectivity index (χ0) is 22.4. The number of hydrogen-bond acceptors (Lipinski definition) is 5. The summed E-state index contributed by atoms with van der Waals surface area (Å²) in [5, 5.41) is 0.477. The van der Waals surface area contributed by atoms with E-state index in [1.165, 1.54) is 16.7 Å². The van der Waals surface area contributed by atoms with Crippen LogP contribution in [0.15, 0.2) is 76.7 Å². The lowest BCUT2D eigenvalue weighted by atomic mass is 10.1. The highest BCUT2D eigenvalue weighted by molar-refractivity contribution is 7.99. The van der Waals surface area contributed by atoms with Gasteiger partial charge in [-0.05, 0) is 42.5 Å². The largest absolute Gasteiger partial charge is 0.269 e. The zero-order valence-electron chi connectivity index (χ0n) is 16.3. The van der Waals surface area contributed by atoms with Crippen LogP contribution < -0.4 is 5.56 Å². The maximum absolute atomic E-state index is 13.7. The van der Waals surface area contributed by atoms with Crippen molar-refractivity contribution in [3.63, 3.8) is 0 Å². The number of fused-ring (bicyclic) bond motifs is 2. The highest BCUT2D eigenvalue weighted by atomic mass is 35.5. The van der Waals surface area contributed by atoms with Crippen LogP contribution in [0.2, 0.25) is 5.02 Å². The van der Waals surface area contributed by atoms with Crippen LogP contribution in [0, 0.1) is 5.82 Å². The first-order valence-corrected chi connectivity index (χ1v) is 10.9. The maximum atomic E-state index is 13.7. The summed E-state index contributed by atoms with van der Waals surface area (Å²) in [6.07, 6.45) is 0. The minimum atomic E-state index is -0.613. The number of amides is 2. The van der Waals surface area contributed by atoms with Gasteiger partial charge < -0.3 is 0 Å². The summed E-state index contributed by atoms with van der Waals surface area (Å²) in [4.78, 5) is 44.3. The third kappa shape index (κ3) is 3.28. The fourth-order valence-corrected chi connectivity index (χ4v) is 4.67. The zero-order valence-corrected chi connectivity index (χ0v) is 17.9. The van der Waals surface area contributed by atoms with E-state index in [-0.39, 0.29) is 21.6 Å². The monoisotopic (exact) mass is 465 g/mol. The number of imide groups is 1. The molecule has 6 nitrogen and oxygen atoms in total. The van der Waals surface area contributed by atoms with E-state index in [1.54, 1.807) is 48.5 Å². The SMILES string of the molecule is O=C1c2ccccc2C(=O)N1CSc1nc2ccccc2c(=O)n1-c1ccc(F)c(Cl)c1. The van der Waals surface area contributed by atoms with Crippen molar-refractivity contribution in [3.8, 4) is 5.69 Å². The predicted octanol–water partition coefficient (Wildman–Crippen LogP) is 4.52. The number of aromatic nitrogens is 2. The van der Waals surface area contributed by atoms with E-state index in [0.29, 0.717) is 27.7 Å². The van der Waals surface area contributed by atoms with E-state index in [0.717, 1.165) is 22.7 Å². The molecule has 0 fully saturated rings. The molecule has 1 aliphatic heterocycles. The Morgan fingerprint density at radius 3 is 2.25 bits per heavy atom. The van der Waals surface area contributed by atoms with Crippen molar-refractivity contribution in [2.75, 3.05) is 5.88 Å². The molecule has 0 unspecified atom stereocenters. The number of nitrogens with zero attached hydrogens (tertiary/aromatic N) is 3. The van der Waals surface area contributed by atoms with E-state index in [4.69, 9.17) is 11.6 Å².